The summed E-state index contributed by atoms with van der Waals surface area (Å²) in [6.45, 7) is 2.00. The highest BCUT2D eigenvalue weighted by molar-refractivity contribution is 7.97. The van der Waals surface area contributed by atoms with Crippen molar-refractivity contribution in [2.75, 3.05) is 0 Å². The summed E-state index contributed by atoms with van der Waals surface area (Å²) in [4.78, 5) is 8.26. The van der Waals surface area contributed by atoms with Crippen LogP contribution in [0, 0.1) is 6.92 Å². The predicted molar refractivity (Wildman–Crippen MR) is 72.9 cm³/mol. The molecule has 4 nitrogen and oxygen atoms in total. The lowest BCUT2D eigenvalue weighted by Crippen LogP contribution is -2.45. The molecule has 1 aliphatic heterocycles. The number of rotatable bonds is 1. The molecule has 0 spiro atoms. The van der Waals surface area contributed by atoms with Crippen molar-refractivity contribution in [2.24, 2.45) is 15.8 Å². The summed E-state index contributed by atoms with van der Waals surface area (Å²) in [6, 6.07) is 7.87. The molecule has 0 saturated carbocycles. The normalized spacial score (nSPS) is 20.5. The zero-order chi connectivity index (χ0) is 11.7. The van der Waals surface area contributed by atoms with Gasteiger partial charge in [-0.3, -0.25) is 5.01 Å². The molecular formula is C10H12N4S2. The van der Waals surface area contributed by atoms with Gasteiger partial charge in [-0.05, 0) is 12.5 Å². The number of amidine groups is 2. The van der Waals surface area contributed by atoms with Crippen molar-refractivity contribution in [1.29, 1.82) is 0 Å². The smallest absolute Gasteiger partial charge is 0.184 e. The first-order chi connectivity index (χ1) is 7.59. The second-order valence-corrected chi connectivity index (χ2v) is 4.29. The van der Waals surface area contributed by atoms with Crippen LogP contribution in [0.3, 0.4) is 0 Å². The van der Waals surface area contributed by atoms with Crippen LogP contribution in [0.15, 0.2) is 34.3 Å². The lowest BCUT2D eigenvalue weighted by Gasteiger charge is -2.27. The molecule has 16 heavy (non-hydrogen) atoms. The molecular weight excluding hydrogens is 240 g/mol. The number of thiol groups is 2. The van der Waals surface area contributed by atoms with Gasteiger partial charge < -0.3 is 0 Å². The largest absolute Gasteiger partial charge is 0.260 e. The van der Waals surface area contributed by atoms with Gasteiger partial charge in [-0.25, -0.2) is 15.8 Å². The maximum Gasteiger partial charge on any atom is 0.184 e. The Morgan fingerprint density at radius 3 is 2.75 bits per heavy atom. The lowest BCUT2D eigenvalue weighted by molar-refractivity contribution is 0.421. The molecule has 6 heteroatoms. The Morgan fingerprint density at radius 2 is 2.06 bits per heavy atom. The number of aliphatic imine (C=N–C) groups is 2. The van der Waals surface area contributed by atoms with Crippen LogP contribution >= 0.6 is 25.3 Å². The maximum absolute atomic E-state index is 5.87. The van der Waals surface area contributed by atoms with Gasteiger partial charge in [0.1, 0.15) is 0 Å². The Hall–Kier alpha value is -0.980. The Kier molecular flexibility index (Phi) is 3.22. The number of nitrogens with two attached hydrogens (primary N) is 1. The minimum absolute atomic E-state index is 0.389. The summed E-state index contributed by atoms with van der Waals surface area (Å²) in [5.74, 6) is 6.51. The van der Waals surface area contributed by atoms with E-state index in [0.717, 1.165) is 11.1 Å². The van der Waals surface area contributed by atoms with Crippen LogP contribution < -0.4 is 5.84 Å². The molecule has 1 aromatic rings. The van der Waals surface area contributed by atoms with Crippen molar-refractivity contribution in [3.63, 3.8) is 0 Å². The number of hydrazine groups is 1. The quantitative estimate of drug-likeness (QED) is 0.523. The van der Waals surface area contributed by atoms with Gasteiger partial charge in [0.05, 0.1) is 0 Å². The van der Waals surface area contributed by atoms with Gasteiger partial charge in [-0.1, -0.05) is 24.3 Å². The van der Waals surface area contributed by atoms with E-state index in [2.05, 4.69) is 35.2 Å². The third kappa shape index (κ3) is 2.09. The summed E-state index contributed by atoms with van der Waals surface area (Å²) in [7, 11) is 0. The molecule has 0 aliphatic carbocycles. The Balaban J connectivity index is 2.48. The molecule has 1 aromatic carbocycles. The second-order valence-electron chi connectivity index (χ2n) is 3.43. The van der Waals surface area contributed by atoms with Gasteiger partial charge in [0.15, 0.2) is 16.5 Å². The van der Waals surface area contributed by atoms with Crippen LogP contribution in [-0.4, -0.2) is 21.5 Å². The fraction of sp³-hybridized carbons (Fsp3) is 0.200. The number of aryl methyl sites for hydroxylation is 1. The first-order valence-corrected chi connectivity index (χ1v) is 5.69. The van der Waals surface area contributed by atoms with Crippen LogP contribution in [0.4, 0.5) is 0 Å². The van der Waals surface area contributed by atoms with Crippen molar-refractivity contribution >= 4 is 36.3 Å². The molecule has 0 saturated heterocycles. The van der Waals surface area contributed by atoms with Crippen LogP contribution in [0.25, 0.3) is 0 Å². The fourth-order valence-corrected chi connectivity index (χ4v) is 1.99. The summed E-state index contributed by atoms with van der Waals surface area (Å²) < 4.78 is 0. The Labute approximate surface area is 105 Å². The van der Waals surface area contributed by atoms with Gasteiger partial charge in [0.25, 0.3) is 0 Å². The van der Waals surface area contributed by atoms with Gasteiger partial charge in [0.2, 0.25) is 0 Å². The molecule has 0 bridgehead atoms. The average molecular weight is 252 g/mol. The highest BCUT2D eigenvalue weighted by Gasteiger charge is 2.22. The number of hydrogen-bond acceptors (Lipinski definition) is 5. The molecule has 1 aliphatic rings. The number of benzene rings is 1. The molecule has 1 unspecified atom stereocenters. The Bertz CT molecular complexity index is 470. The van der Waals surface area contributed by atoms with Gasteiger partial charge in [-0.2, -0.15) is 0 Å². The first-order valence-electron chi connectivity index (χ1n) is 4.73. The summed E-state index contributed by atoms with van der Waals surface area (Å²) in [6.07, 6.45) is 0. The van der Waals surface area contributed by atoms with E-state index in [1.807, 2.05) is 31.2 Å². The molecule has 0 amide bonds. The SMILES string of the molecule is Cc1ccccc1C1=NC(S)=NC(S)N1N. The lowest BCUT2D eigenvalue weighted by atomic mass is 10.1. The second kappa shape index (κ2) is 4.48. The van der Waals surface area contributed by atoms with Crippen molar-refractivity contribution in [1.82, 2.24) is 5.01 Å². The zero-order valence-electron chi connectivity index (χ0n) is 8.70. The minimum Gasteiger partial charge on any atom is -0.260 e. The van der Waals surface area contributed by atoms with Crippen LogP contribution in [0.2, 0.25) is 0 Å². The molecule has 84 valence electrons. The fourth-order valence-electron chi connectivity index (χ4n) is 1.48. The van der Waals surface area contributed by atoms with E-state index in [1.54, 1.807) is 0 Å². The zero-order valence-corrected chi connectivity index (χ0v) is 10.5. The van der Waals surface area contributed by atoms with Gasteiger partial charge in [0, 0.05) is 5.56 Å². The maximum atomic E-state index is 5.87. The molecule has 0 fully saturated rings. The van der Waals surface area contributed by atoms with E-state index in [1.165, 1.54) is 5.01 Å². The number of hydrogen-bond donors (Lipinski definition) is 3. The summed E-state index contributed by atoms with van der Waals surface area (Å²) in [5.41, 5.74) is 1.62. The van der Waals surface area contributed by atoms with E-state index >= 15 is 0 Å². The minimum atomic E-state index is -0.445. The third-order valence-electron chi connectivity index (χ3n) is 2.32. The van der Waals surface area contributed by atoms with Gasteiger partial charge in [-0.15, -0.1) is 25.3 Å². The molecule has 0 radical (unpaired) electrons. The molecule has 2 rings (SSSR count). The summed E-state index contributed by atoms with van der Waals surface area (Å²) >= 11 is 8.38. The molecule has 0 aromatic heterocycles. The monoisotopic (exact) mass is 252 g/mol. The standard InChI is InChI=1S/C10H12N4S2/c1-6-4-2-3-5-7(6)8-12-9(15)13-10(16)14(8)11/h2-5,10,16H,11H2,1H3,(H,13,15). The number of nitrogens with zero attached hydrogens (tertiary/aromatic N) is 3. The van der Waals surface area contributed by atoms with Crippen LogP contribution in [0.1, 0.15) is 11.1 Å². The van der Waals surface area contributed by atoms with E-state index in [9.17, 15) is 0 Å². The third-order valence-corrected chi connectivity index (χ3v) is 2.90. The summed E-state index contributed by atoms with van der Waals surface area (Å²) in [5, 5.41) is 1.81. The van der Waals surface area contributed by atoms with Crippen molar-refractivity contribution in [3.8, 4) is 0 Å². The highest BCUT2D eigenvalue weighted by atomic mass is 32.1. The van der Waals surface area contributed by atoms with E-state index in [0.29, 0.717) is 11.0 Å². The van der Waals surface area contributed by atoms with E-state index < -0.39 is 5.50 Å². The molecule has 1 heterocycles. The predicted octanol–water partition coefficient (Wildman–Crippen LogP) is 1.43. The Morgan fingerprint density at radius 1 is 1.38 bits per heavy atom. The average Bonchev–Trinajstić information content (AvgIpc) is 2.24. The molecule has 2 N–H and O–H groups in total. The molecule has 1 atom stereocenters. The van der Waals surface area contributed by atoms with Crippen LogP contribution in [-0.2, 0) is 0 Å². The van der Waals surface area contributed by atoms with E-state index in [-0.39, 0.29) is 0 Å². The van der Waals surface area contributed by atoms with E-state index in [4.69, 9.17) is 5.84 Å². The van der Waals surface area contributed by atoms with Gasteiger partial charge >= 0.3 is 0 Å². The van der Waals surface area contributed by atoms with Crippen molar-refractivity contribution in [3.05, 3.63) is 35.4 Å². The van der Waals surface area contributed by atoms with Crippen molar-refractivity contribution in [2.45, 2.75) is 12.4 Å². The first kappa shape index (κ1) is 11.5. The highest BCUT2D eigenvalue weighted by Crippen LogP contribution is 2.17. The topological polar surface area (TPSA) is 54.0 Å². The van der Waals surface area contributed by atoms with Crippen LogP contribution in [0.5, 0.6) is 0 Å². The van der Waals surface area contributed by atoms with Crippen molar-refractivity contribution < 1.29 is 0 Å².